The zero-order valence-electron chi connectivity index (χ0n) is 57.7. The van der Waals surface area contributed by atoms with Crippen LogP contribution in [-0.2, 0) is 82.8 Å². The van der Waals surface area contributed by atoms with Gasteiger partial charge in [0.25, 0.3) is 0 Å². The summed E-state index contributed by atoms with van der Waals surface area (Å²) in [6, 6.07) is 2.07. The summed E-state index contributed by atoms with van der Waals surface area (Å²) >= 11 is 0. The standard InChI is InChI=1S/C66H112N10O17/c1-15-44(8)58(74(12)65(86)55(41(2)3)71-63(84)57(43(6)7)73(10)11)51(88-13)40-53(78)75-29-19-24-49(75)59(89-14)45(9)60(81)70-47(38-46-22-17-16-18-23-46)61(82)68-28-21-31-93-66(87)56(42(4)5)72-62(83)50-25-20-30-76(50)64(85)48(39-54(79)80)69-52(77)26-32-90-34-36-92-37-35-91-33-27-67/h16-18,22-23,41-45,47-51,55-59H,15,19-21,24-40,67H2,1-14H3,(H,68,82)(H,69,77)(H,70,81)(H,71,84)(H,72,83)(H,79,80)/t44-,45+,47-,48-,49-,50-,51+,55-,56-,57-,58-,59+/m0/s1. The first kappa shape index (κ1) is 80.9. The van der Waals surface area contributed by atoms with Gasteiger partial charge in [-0.3, -0.25) is 48.1 Å². The fourth-order valence-electron chi connectivity index (χ4n) is 12.1. The number of aliphatic carboxylic acids is 1. The molecule has 0 saturated carbocycles. The molecule has 2 fully saturated rings. The summed E-state index contributed by atoms with van der Waals surface area (Å²) < 4.78 is 33.8. The highest BCUT2D eigenvalue weighted by atomic mass is 16.5. The van der Waals surface area contributed by atoms with Gasteiger partial charge in [-0.2, -0.15) is 0 Å². The van der Waals surface area contributed by atoms with Crippen LogP contribution in [0.15, 0.2) is 30.3 Å². The van der Waals surface area contributed by atoms with Crippen LogP contribution < -0.4 is 32.3 Å². The summed E-state index contributed by atoms with van der Waals surface area (Å²) in [5.41, 5.74) is 6.16. The second kappa shape index (κ2) is 42.2. The molecule has 0 aliphatic carbocycles. The third kappa shape index (κ3) is 26.1. The molecule has 0 bridgehead atoms. The largest absolute Gasteiger partial charge is 0.481 e. The van der Waals surface area contributed by atoms with Crippen LogP contribution in [0, 0.1) is 29.6 Å². The lowest BCUT2D eigenvalue weighted by Crippen LogP contribution is -2.59. The molecule has 3 rings (SSSR count). The Morgan fingerprint density at radius 1 is 0.677 bits per heavy atom. The van der Waals surface area contributed by atoms with E-state index in [2.05, 4.69) is 26.6 Å². The molecule has 0 spiro atoms. The zero-order valence-corrected chi connectivity index (χ0v) is 57.7. The fourth-order valence-corrected chi connectivity index (χ4v) is 12.1. The average Bonchev–Trinajstić information content (AvgIpc) is 1.81. The number of methoxy groups -OCH3 is 2. The Labute approximate surface area is 551 Å². The first-order valence-corrected chi connectivity index (χ1v) is 33.1. The Kier molecular flexibility index (Phi) is 36.7. The summed E-state index contributed by atoms with van der Waals surface area (Å²) in [4.78, 5) is 143. The molecule has 2 heterocycles. The number of likely N-dealkylation sites (tertiary alicyclic amines) is 2. The number of ether oxygens (including phenoxy) is 6. The molecule has 8 N–H and O–H groups in total. The number of hydrogen-bond acceptors (Lipinski definition) is 18. The van der Waals surface area contributed by atoms with Crippen LogP contribution in [0.5, 0.6) is 0 Å². The Hall–Kier alpha value is -6.36. The Morgan fingerprint density at radius 3 is 1.86 bits per heavy atom. The third-order valence-corrected chi connectivity index (χ3v) is 17.3. The lowest BCUT2D eigenvalue weighted by Gasteiger charge is -2.41. The summed E-state index contributed by atoms with van der Waals surface area (Å²) in [5, 5.41) is 23.7. The van der Waals surface area contributed by atoms with E-state index < -0.39 is 120 Å². The summed E-state index contributed by atoms with van der Waals surface area (Å²) in [5.74, 6) is -7.56. The number of benzene rings is 1. The van der Waals surface area contributed by atoms with Crippen LogP contribution in [0.4, 0.5) is 0 Å². The number of carbonyl (C=O) groups is 10. The van der Waals surface area contributed by atoms with Crippen molar-refractivity contribution >= 4 is 59.2 Å². The number of carboxylic acid groups (broad SMARTS) is 1. The van der Waals surface area contributed by atoms with Gasteiger partial charge < -0.3 is 80.5 Å². The highest BCUT2D eigenvalue weighted by Gasteiger charge is 2.45. The first-order valence-electron chi connectivity index (χ1n) is 33.1. The molecule has 27 nitrogen and oxygen atoms in total. The third-order valence-electron chi connectivity index (χ3n) is 17.3. The van der Waals surface area contributed by atoms with E-state index >= 15 is 0 Å². The summed E-state index contributed by atoms with van der Waals surface area (Å²) in [6.07, 6.45) is 0.287. The second-order valence-corrected chi connectivity index (χ2v) is 25.5. The zero-order chi connectivity index (χ0) is 69.5. The van der Waals surface area contributed by atoms with Crippen LogP contribution in [0.2, 0.25) is 0 Å². The van der Waals surface area contributed by atoms with Crippen molar-refractivity contribution in [3.8, 4) is 0 Å². The van der Waals surface area contributed by atoms with Gasteiger partial charge >= 0.3 is 11.9 Å². The van der Waals surface area contributed by atoms with E-state index in [1.165, 1.54) is 19.1 Å². The molecule has 27 heteroatoms. The lowest BCUT2D eigenvalue weighted by molar-refractivity contribution is -0.151. The molecular formula is C66H112N10O17. The molecule has 0 unspecified atom stereocenters. The van der Waals surface area contributed by atoms with Crippen LogP contribution in [-0.4, -0.2) is 252 Å². The Bertz CT molecular complexity index is 2500. The highest BCUT2D eigenvalue weighted by molar-refractivity contribution is 5.96. The number of carboxylic acids is 1. The normalized spacial score (nSPS) is 18.2. The number of esters is 1. The minimum absolute atomic E-state index is 0.00832. The molecule has 12 atom stereocenters. The predicted octanol–water partition coefficient (Wildman–Crippen LogP) is 1.90. The van der Waals surface area contributed by atoms with Crippen molar-refractivity contribution in [2.24, 2.45) is 35.3 Å². The van der Waals surface area contributed by atoms with E-state index in [0.717, 1.165) is 5.56 Å². The lowest BCUT2D eigenvalue weighted by atomic mass is 9.89. The fraction of sp³-hybridized carbons (Fsp3) is 0.758. The minimum atomic E-state index is -1.47. The second-order valence-electron chi connectivity index (χ2n) is 25.5. The number of nitrogens with two attached hydrogens (primary N) is 1. The smallest absolute Gasteiger partial charge is 0.328 e. The van der Waals surface area contributed by atoms with Gasteiger partial charge in [-0.05, 0) is 75.4 Å². The van der Waals surface area contributed by atoms with Gasteiger partial charge in [-0.15, -0.1) is 0 Å². The molecule has 0 aromatic heterocycles. The van der Waals surface area contributed by atoms with Gasteiger partial charge in [0.15, 0.2) is 0 Å². The van der Waals surface area contributed by atoms with Gasteiger partial charge in [0, 0.05) is 60.3 Å². The maximum Gasteiger partial charge on any atom is 0.328 e. The molecule has 93 heavy (non-hydrogen) atoms. The number of amides is 8. The van der Waals surface area contributed by atoms with E-state index in [1.54, 1.807) is 37.6 Å². The maximum absolute atomic E-state index is 14.6. The summed E-state index contributed by atoms with van der Waals surface area (Å²) in [7, 11) is 8.36. The molecule has 2 aliphatic heterocycles. The Morgan fingerprint density at radius 2 is 1.29 bits per heavy atom. The van der Waals surface area contributed by atoms with Crippen molar-refractivity contribution < 1.29 is 81.5 Å². The molecule has 1 aromatic carbocycles. The van der Waals surface area contributed by atoms with Crippen molar-refractivity contribution in [3.05, 3.63) is 35.9 Å². The van der Waals surface area contributed by atoms with Gasteiger partial charge in [0.2, 0.25) is 47.3 Å². The molecule has 1 aromatic rings. The Balaban J connectivity index is 1.65. The van der Waals surface area contributed by atoms with Crippen molar-refractivity contribution in [2.45, 2.75) is 187 Å². The van der Waals surface area contributed by atoms with Crippen LogP contribution in [0.1, 0.15) is 126 Å². The number of hydrogen-bond donors (Lipinski definition) is 7. The van der Waals surface area contributed by atoms with E-state index in [-0.39, 0.29) is 107 Å². The first-order chi connectivity index (χ1) is 44.1. The molecule has 0 radical (unpaired) electrons. The number of carbonyl (C=O) groups excluding carboxylic acids is 9. The predicted molar refractivity (Wildman–Crippen MR) is 348 cm³/mol. The van der Waals surface area contributed by atoms with E-state index in [0.29, 0.717) is 58.6 Å². The van der Waals surface area contributed by atoms with Crippen molar-refractivity contribution in [1.82, 2.24) is 46.2 Å². The minimum Gasteiger partial charge on any atom is -0.481 e. The number of nitrogens with one attached hydrogen (secondary N) is 5. The van der Waals surface area contributed by atoms with Crippen molar-refractivity contribution in [1.29, 1.82) is 0 Å². The van der Waals surface area contributed by atoms with Gasteiger partial charge in [-0.1, -0.05) is 99.1 Å². The van der Waals surface area contributed by atoms with E-state index in [9.17, 15) is 53.1 Å². The highest BCUT2D eigenvalue weighted by Crippen LogP contribution is 2.30. The number of rotatable bonds is 44. The van der Waals surface area contributed by atoms with Crippen LogP contribution >= 0.6 is 0 Å². The maximum atomic E-state index is 14.6. The van der Waals surface area contributed by atoms with Gasteiger partial charge in [0.05, 0.1) is 95.3 Å². The molecular weight excluding hydrogens is 1200 g/mol. The molecule has 528 valence electrons. The monoisotopic (exact) mass is 1320 g/mol. The molecule has 8 amide bonds. The SMILES string of the molecule is CC[C@H](C)[C@@H]([C@@H](CC(=O)N1CCC[C@H]1[C@H](OC)[C@@H](C)C(=O)N[C@@H](Cc1ccccc1)C(=O)NCCCOC(=O)[C@@H](NC(=O)[C@@H]1CCCN1C(=O)[C@H](CC(=O)O)NC(=O)CCOCCOCCOCCN)C(C)C)OC)N(C)C(=O)[C@@H](NC(=O)[C@H](C(C)C)N(C)C)C(C)C. The van der Waals surface area contributed by atoms with Crippen molar-refractivity contribution in [2.75, 3.05) is 108 Å². The van der Waals surface area contributed by atoms with Crippen LogP contribution in [0.3, 0.4) is 0 Å². The average molecular weight is 1320 g/mol. The topological polar surface area (TPSA) is 345 Å². The van der Waals surface area contributed by atoms with Crippen LogP contribution in [0.25, 0.3) is 0 Å². The van der Waals surface area contributed by atoms with Gasteiger partial charge in [0.1, 0.15) is 30.2 Å². The number of likely N-dealkylation sites (N-methyl/N-ethyl adjacent to an activating group) is 2. The quantitative estimate of drug-likeness (QED) is 0.0362. The number of nitrogens with zero attached hydrogens (tertiary/aromatic N) is 4. The molecule has 2 aliphatic rings. The molecule has 2 saturated heterocycles. The summed E-state index contributed by atoms with van der Waals surface area (Å²) in [6.45, 7) is 19.2. The van der Waals surface area contributed by atoms with E-state index in [4.69, 9.17) is 34.2 Å². The van der Waals surface area contributed by atoms with Crippen molar-refractivity contribution in [3.63, 3.8) is 0 Å². The van der Waals surface area contributed by atoms with Gasteiger partial charge in [-0.25, -0.2) is 4.79 Å². The van der Waals surface area contributed by atoms with E-state index in [1.807, 2.05) is 90.9 Å².